The summed E-state index contributed by atoms with van der Waals surface area (Å²) in [6.07, 6.45) is 3.17. The Hall–Kier alpha value is -1.84. The Kier molecular flexibility index (Phi) is 4.20. The van der Waals surface area contributed by atoms with Crippen LogP contribution in [0.15, 0.2) is 24.3 Å². The van der Waals surface area contributed by atoms with Crippen LogP contribution in [0.1, 0.15) is 41.6 Å². The first-order valence-electron chi connectivity index (χ1n) is 6.74. The van der Waals surface area contributed by atoms with Crippen LogP contribution in [0, 0.1) is 6.92 Å². The van der Waals surface area contributed by atoms with Crippen LogP contribution in [0.4, 0.5) is 0 Å². The largest absolute Gasteiger partial charge is 0.370 e. The molecule has 0 unspecified atom stereocenters. The Morgan fingerprint density at radius 1 is 1.37 bits per heavy atom. The van der Waals surface area contributed by atoms with Crippen LogP contribution in [0.5, 0.6) is 0 Å². The van der Waals surface area contributed by atoms with E-state index in [0.29, 0.717) is 12.1 Å². The highest BCUT2D eigenvalue weighted by Crippen LogP contribution is 2.22. The summed E-state index contributed by atoms with van der Waals surface area (Å²) in [7, 11) is 0. The maximum atomic E-state index is 12.5. The summed E-state index contributed by atoms with van der Waals surface area (Å²) in [6.45, 7) is 2.68. The van der Waals surface area contributed by atoms with E-state index in [4.69, 9.17) is 5.73 Å². The van der Waals surface area contributed by atoms with Crippen LogP contribution in [0.3, 0.4) is 0 Å². The number of benzene rings is 1. The molecule has 2 rings (SSSR count). The highest BCUT2D eigenvalue weighted by molar-refractivity contribution is 5.95. The van der Waals surface area contributed by atoms with E-state index in [1.807, 2.05) is 36.1 Å². The minimum atomic E-state index is -0.339. The average Bonchev–Trinajstić information content (AvgIpc) is 2.38. The second-order valence-corrected chi connectivity index (χ2v) is 5.19. The number of primary amides is 1. The van der Waals surface area contributed by atoms with Crippen molar-refractivity contribution in [3.8, 4) is 0 Å². The van der Waals surface area contributed by atoms with Crippen molar-refractivity contribution < 1.29 is 9.59 Å². The van der Waals surface area contributed by atoms with E-state index in [1.165, 1.54) is 0 Å². The number of hydrogen-bond donors (Lipinski definition) is 1. The molecule has 1 aromatic carbocycles. The Balaban J connectivity index is 2.17. The first-order valence-corrected chi connectivity index (χ1v) is 6.74. The number of nitrogens with zero attached hydrogens (tertiary/aromatic N) is 1. The number of carbonyl (C=O) groups excluding carboxylic acids is 2. The Morgan fingerprint density at radius 2 is 2.16 bits per heavy atom. The molecule has 0 spiro atoms. The van der Waals surface area contributed by atoms with Crippen LogP contribution in [0.25, 0.3) is 0 Å². The molecule has 1 atom stereocenters. The number of aryl methyl sites for hydroxylation is 1. The monoisotopic (exact) mass is 260 g/mol. The highest BCUT2D eigenvalue weighted by atomic mass is 16.2. The third-order valence-corrected chi connectivity index (χ3v) is 3.59. The third-order valence-electron chi connectivity index (χ3n) is 3.59. The van der Waals surface area contributed by atoms with Crippen molar-refractivity contribution in [2.24, 2.45) is 5.73 Å². The molecular weight excluding hydrogens is 240 g/mol. The zero-order valence-electron chi connectivity index (χ0n) is 11.3. The molecule has 0 bridgehead atoms. The van der Waals surface area contributed by atoms with E-state index in [1.54, 1.807) is 0 Å². The van der Waals surface area contributed by atoms with Crippen molar-refractivity contribution in [3.63, 3.8) is 0 Å². The summed E-state index contributed by atoms with van der Waals surface area (Å²) >= 11 is 0. The summed E-state index contributed by atoms with van der Waals surface area (Å²) in [5.74, 6) is -0.330. The molecule has 1 heterocycles. The van der Waals surface area contributed by atoms with E-state index in [0.717, 1.165) is 24.8 Å². The van der Waals surface area contributed by atoms with Gasteiger partial charge in [0.05, 0.1) is 0 Å². The van der Waals surface area contributed by atoms with Crippen LogP contribution in [0.2, 0.25) is 0 Å². The molecule has 1 aromatic rings. The van der Waals surface area contributed by atoms with E-state index >= 15 is 0 Å². The minimum Gasteiger partial charge on any atom is -0.370 e. The van der Waals surface area contributed by atoms with Gasteiger partial charge in [-0.1, -0.05) is 17.7 Å². The fourth-order valence-corrected chi connectivity index (χ4v) is 2.66. The van der Waals surface area contributed by atoms with Gasteiger partial charge in [-0.2, -0.15) is 0 Å². The van der Waals surface area contributed by atoms with Gasteiger partial charge in [0.25, 0.3) is 5.91 Å². The summed E-state index contributed by atoms with van der Waals surface area (Å²) in [4.78, 5) is 25.4. The topological polar surface area (TPSA) is 63.4 Å². The van der Waals surface area contributed by atoms with Crippen molar-refractivity contribution in [1.29, 1.82) is 0 Å². The number of amides is 2. The Bertz CT molecular complexity index is 485. The standard InChI is InChI=1S/C15H20N2O2/c1-11-5-4-6-12(9-11)15(19)17-8-3-2-7-13(17)10-14(16)18/h4-6,9,13H,2-3,7-8,10H2,1H3,(H2,16,18)/t13-/m1/s1. The normalized spacial score (nSPS) is 19.2. The molecule has 0 saturated carbocycles. The van der Waals surface area contributed by atoms with Gasteiger partial charge in [-0.3, -0.25) is 9.59 Å². The Labute approximate surface area is 113 Å². The van der Waals surface area contributed by atoms with Crippen molar-refractivity contribution in [2.75, 3.05) is 6.54 Å². The first-order chi connectivity index (χ1) is 9.08. The molecule has 4 heteroatoms. The maximum Gasteiger partial charge on any atom is 0.254 e. The van der Waals surface area contributed by atoms with Gasteiger partial charge < -0.3 is 10.6 Å². The van der Waals surface area contributed by atoms with Crippen LogP contribution >= 0.6 is 0 Å². The van der Waals surface area contributed by atoms with Crippen molar-refractivity contribution in [3.05, 3.63) is 35.4 Å². The fraction of sp³-hybridized carbons (Fsp3) is 0.467. The van der Waals surface area contributed by atoms with Gasteiger partial charge in [-0.25, -0.2) is 0 Å². The maximum absolute atomic E-state index is 12.5. The molecule has 0 aromatic heterocycles. The van der Waals surface area contributed by atoms with Gasteiger partial charge in [0.2, 0.25) is 5.91 Å². The lowest BCUT2D eigenvalue weighted by atomic mass is 9.97. The molecular formula is C15H20N2O2. The highest BCUT2D eigenvalue weighted by Gasteiger charge is 2.28. The quantitative estimate of drug-likeness (QED) is 0.901. The lowest BCUT2D eigenvalue weighted by Gasteiger charge is -2.35. The van der Waals surface area contributed by atoms with Crippen molar-refractivity contribution in [2.45, 2.75) is 38.6 Å². The second-order valence-electron chi connectivity index (χ2n) is 5.19. The van der Waals surface area contributed by atoms with Crippen molar-refractivity contribution in [1.82, 2.24) is 4.90 Å². The van der Waals surface area contributed by atoms with Gasteiger partial charge in [0.1, 0.15) is 0 Å². The molecule has 102 valence electrons. The number of piperidine rings is 1. The number of carbonyl (C=O) groups is 2. The summed E-state index contributed by atoms with van der Waals surface area (Å²) in [5.41, 5.74) is 7.03. The number of likely N-dealkylation sites (tertiary alicyclic amines) is 1. The molecule has 4 nitrogen and oxygen atoms in total. The molecule has 2 amide bonds. The number of hydrogen-bond acceptors (Lipinski definition) is 2. The van der Waals surface area contributed by atoms with Gasteiger partial charge >= 0.3 is 0 Å². The summed E-state index contributed by atoms with van der Waals surface area (Å²) in [5, 5.41) is 0. The predicted octanol–water partition coefficient (Wildman–Crippen LogP) is 1.87. The van der Waals surface area contributed by atoms with Gasteiger partial charge in [-0.15, -0.1) is 0 Å². The van der Waals surface area contributed by atoms with Gasteiger partial charge in [0, 0.05) is 24.6 Å². The predicted molar refractivity (Wildman–Crippen MR) is 73.7 cm³/mol. The average molecular weight is 260 g/mol. The molecule has 2 N–H and O–H groups in total. The SMILES string of the molecule is Cc1cccc(C(=O)N2CCCC[C@@H]2CC(N)=O)c1. The molecule has 0 radical (unpaired) electrons. The lowest BCUT2D eigenvalue weighted by Crippen LogP contribution is -2.45. The zero-order chi connectivity index (χ0) is 13.8. The smallest absolute Gasteiger partial charge is 0.254 e. The lowest BCUT2D eigenvalue weighted by molar-refractivity contribution is -0.119. The van der Waals surface area contributed by atoms with Gasteiger partial charge in [0.15, 0.2) is 0 Å². The van der Waals surface area contributed by atoms with Gasteiger partial charge in [-0.05, 0) is 38.3 Å². The minimum absolute atomic E-state index is 0.00894. The van der Waals surface area contributed by atoms with Crippen LogP contribution in [-0.2, 0) is 4.79 Å². The molecule has 1 saturated heterocycles. The first kappa shape index (κ1) is 13.6. The van der Waals surface area contributed by atoms with E-state index in [9.17, 15) is 9.59 Å². The Morgan fingerprint density at radius 3 is 2.84 bits per heavy atom. The molecule has 0 aliphatic carbocycles. The third kappa shape index (κ3) is 3.34. The number of rotatable bonds is 3. The zero-order valence-corrected chi connectivity index (χ0v) is 11.3. The molecule has 19 heavy (non-hydrogen) atoms. The summed E-state index contributed by atoms with van der Waals surface area (Å²) < 4.78 is 0. The van der Waals surface area contributed by atoms with Crippen molar-refractivity contribution >= 4 is 11.8 Å². The molecule has 1 aliphatic rings. The van der Waals surface area contributed by atoms with Crippen LogP contribution < -0.4 is 5.73 Å². The molecule has 1 fully saturated rings. The van der Waals surface area contributed by atoms with Crippen LogP contribution in [-0.4, -0.2) is 29.3 Å². The van der Waals surface area contributed by atoms with E-state index in [-0.39, 0.29) is 24.3 Å². The number of nitrogens with two attached hydrogens (primary N) is 1. The fourth-order valence-electron chi connectivity index (χ4n) is 2.66. The van der Waals surface area contributed by atoms with E-state index < -0.39 is 0 Å². The van der Waals surface area contributed by atoms with E-state index in [2.05, 4.69) is 0 Å². The molecule has 1 aliphatic heterocycles. The second kappa shape index (κ2) is 5.87. The summed E-state index contributed by atoms with van der Waals surface area (Å²) in [6, 6.07) is 7.52.